The van der Waals surface area contributed by atoms with E-state index < -0.39 is 0 Å². The second-order valence-electron chi connectivity index (χ2n) is 7.85. The van der Waals surface area contributed by atoms with Crippen molar-refractivity contribution >= 4 is 23.4 Å². The summed E-state index contributed by atoms with van der Waals surface area (Å²) in [5.74, 6) is -0.474. The second kappa shape index (κ2) is 11.8. The lowest BCUT2D eigenvalue weighted by molar-refractivity contribution is -0.136. The molecule has 0 aliphatic rings. The molecule has 0 unspecified atom stereocenters. The first-order valence-corrected chi connectivity index (χ1v) is 10.3. The molecule has 0 aromatic heterocycles. The lowest BCUT2D eigenvalue weighted by Gasteiger charge is -2.24. The van der Waals surface area contributed by atoms with Crippen molar-refractivity contribution in [3.05, 3.63) is 65.7 Å². The summed E-state index contributed by atoms with van der Waals surface area (Å²) in [6.07, 6.45) is 0.979. The van der Waals surface area contributed by atoms with Gasteiger partial charge in [0.2, 0.25) is 17.7 Å². The molecule has 30 heavy (non-hydrogen) atoms. The fraction of sp³-hybridized carbons (Fsp3) is 0.375. The monoisotopic (exact) mass is 409 g/mol. The molecule has 6 heteroatoms. The van der Waals surface area contributed by atoms with Crippen molar-refractivity contribution < 1.29 is 14.4 Å². The molecule has 2 N–H and O–H groups in total. The Labute approximate surface area is 178 Å². The van der Waals surface area contributed by atoms with Crippen molar-refractivity contribution in [3.8, 4) is 0 Å². The highest BCUT2D eigenvalue weighted by atomic mass is 16.2. The van der Waals surface area contributed by atoms with Crippen molar-refractivity contribution in [1.29, 1.82) is 0 Å². The zero-order valence-corrected chi connectivity index (χ0v) is 18.0. The topological polar surface area (TPSA) is 78.5 Å². The Morgan fingerprint density at radius 3 is 2.37 bits per heavy atom. The second-order valence-corrected chi connectivity index (χ2v) is 7.85. The normalized spacial score (nSPS) is 10.5. The maximum Gasteiger partial charge on any atom is 0.243 e. The number of nitrogens with zero attached hydrogens (tertiary/aromatic N) is 1. The number of anilines is 1. The van der Waals surface area contributed by atoms with E-state index in [9.17, 15) is 14.4 Å². The predicted molar refractivity (Wildman–Crippen MR) is 119 cm³/mol. The van der Waals surface area contributed by atoms with Crippen LogP contribution in [0.5, 0.6) is 0 Å². The van der Waals surface area contributed by atoms with Gasteiger partial charge in [-0.3, -0.25) is 14.4 Å². The van der Waals surface area contributed by atoms with Crippen LogP contribution >= 0.6 is 0 Å². The zero-order chi connectivity index (χ0) is 21.9. The van der Waals surface area contributed by atoms with Gasteiger partial charge in [-0.15, -0.1) is 0 Å². The van der Waals surface area contributed by atoms with E-state index in [1.165, 1.54) is 0 Å². The number of carbonyl (C=O) groups is 3. The Morgan fingerprint density at radius 2 is 1.70 bits per heavy atom. The Morgan fingerprint density at radius 1 is 0.967 bits per heavy atom. The smallest absolute Gasteiger partial charge is 0.243 e. The number of carbonyl (C=O) groups excluding carboxylic acids is 3. The minimum atomic E-state index is -0.344. The highest BCUT2D eigenvalue weighted by Gasteiger charge is 2.18. The molecule has 2 aromatic carbocycles. The van der Waals surface area contributed by atoms with E-state index in [1.807, 2.05) is 69.3 Å². The summed E-state index contributed by atoms with van der Waals surface area (Å²) >= 11 is 0. The van der Waals surface area contributed by atoms with E-state index >= 15 is 0 Å². The van der Waals surface area contributed by atoms with Gasteiger partial charge in [0.25, 0.3) is 0 Å². The van der Waals surface area contributed by atoms with Crippen LogP contribution in [0.15, 0.2) is 54.6 Å². The molecular weight excluding hydrogens is 378 g/mol. The average molecular weight is 410 g/mol. The molecule has 0 saturated heterocycles. The molecule has 0 radical (unpaired) electrons. The van der Waals surface area contributed by atoms with Crippen molar-refractivity contribution in [2.24, 2.45) is 5.92 Å². The van der Waals surface area contributed by atoms with Gasteiger partial charge in [0.1, 0.15) is 0 Å². The lowest BCUT2D eigenvalue weighted by atomic mass is 10.1. The highest BCUT2D eigenvalue weighted by Crippen LogP contribution is 2.09. The zero-order valence-electron chi connectivity index (χ0n) is 18.0. The molecule has 0 saturated carbocycles. The summed E-state index contributed by atoms with van der Waals surface area (Å²) in [5.41, 5.74) is 2.81. The van der Waals surface area contributed by atoms with Crippen LogP contribution in [0.3, 0.4) is 0 Å². The number of hydrogen-bond acceptors (Lipinski definition) is 3. The first kappa shape index (κ1) is 23.1. The molecule has 6 nitrogen and oxygen atoms in total. The van der Waals surface area contributed by atoms with Crippen LogP contribution in [-0.4, -0.2) is 42.3 Å². The van der Waals surface area contributed by atoms with Gasteiger partial charge in [-0.05, 0) is 42.5 Å². The Balaban J connectivity index is 1.83. The van der Waals surface area contributed by atoms with Crippen molar-refractivity contribution in [3.63, 3.8) is 0 Å². The summed E-state index contributed by atoms with van der Waals surface area (Å²) in [6.45, 7) is 6.26. The van der Waals surface area contributed by atoms with Gasteiger partial charge in [0.05, 0.1) is 13.1 Å². The largest absolute Gasteiger partial charge is 0.345 e. The number of rotatable bonds is 10. The van der Waals surface area contributed by atoms with E-state index in [-0.39, 0.29) is 36.7 Å². The Kier molecular flexibility index (Phi) is 9.06. The summed E-state index contributed by atoms with van der Waals surface area (Å²) in [6, 6.07) is 17.2. The fourth-order valence-electron chi connectivity index (χ4n) is 3.09. The number of benzene rings is 2. The van der Waals surface area contributed by atoms with E-state index in [4.69, 9.17) is 0 Å². The summed E-state index contributed by atoms with van der Waals surface area (Å²) in [7, 11) is 0. The number of nitrogens with one attached hydrogen (secondary N) is 2. The van der Waals surface area contributed by atoms with E-state index in [0.29, 0.717) is 25.1 Å². The third kappa shape index (κ3) is 8.47. The van der Waals surface area contributed by atoms with Gasteiger partial charge < -0.3 is 15.5 Å². The van der Waals surface area contributed by atoms with Crippen LogP contribution in [0.25, 0.3) is 0 Å². The van der Waals surface area contributed by atoms with Crippen LogP contribution in [0.4, 0.5) is 5.69 Å². The van der Waals surface area contributed by atoms with Crippen LogP contribution in [-0.2, 0) is 20.8 Å². The Bertz CT molecular complexity index is 850. The Hall–Kier alpha value is -3.15. The third-order valence-electron chi connectivity index (χ3n) is 4.49. The minimum absolute atomic E-state index is 0.0521. The van der Waals surface area contributed by atoms with E-state index in [2.05, 4.69) is 10.6 Å². The van der Waals surface area contributed by atoms with Crippen LogP contribution in [0, 0.1) is 12.8 Å². The van der Waals surface area contributed by atoms with Gasteiger partial charge in [-0.2, -0.15) is 0 Å². The molecule has 160 valence electrons. The molecule has 0 aliphatic carbocycles. The molecule has 0 bridgehead atoms. The molecule has 0 aliphatic heterocycles. The highest BCUT2D eigenvalue weighted by molar-refractivity contribution is 5.95. The fourth-order valence-corrected chi connectivity index (χ4v) is 3.09. The molecule has 0 spiro atoms. The average Bonchev–Trinajstić information content (AvgIpc) is 2.70. The van der Waals surface area contributed by atoms with E-state index in [1.54, 1.807) is 11.0 Å². The van der Waals surface area contributed by atoms with Gasteiger partial charge in [-0.25, -0.2) is 0 Å². The number of hydrogen-bond donors (Lipinski definition) is 2. The van der Waals surface area contributed by atoms with Gasteiger partial charge in [0, 0.05) is 18.7 Å². The third-order valence-corrected chi connectivity index (χ3v) is 4.49. The lowest BCUT2D eigenvalue weighted by Crippen LogP contribution is -2.44. The SMILES string of the molecule is Cc1cccc(NC(=O)CNC(=O)CN(CC(C)C)C(=O)CCc2ccccc2)c1. The molecule has 3 amide bonds. The number of amides is 3. The molecule has 0 atom stereocenters. The van der Waals surface area contributed by atoms with Crippen molar-refractivity contribution in [2.75, 3.05) is 25.0 Å². The minimum Gasteiger partial charge on any atom is -0.345 e. The molecule has 2 rings (SSSR count). The van der Waals surface area contributed by atoms with Crippen molar-refractivity contribution in [2.45, 2.75) is 33.6 Å². The quantitative estimate of drug-likeness (QED) is 0.633. The maximum atomic E-state index is 12.7. The van der Waals surface area contributed by atoms with Gasteiger partial charge in [-0.1, -0.05) is 56.3 Å². The molecular formula is C24H31N3O3. The van der Waals surface area contributed by atoms with Gasteiger partial charge >= 0.3 is 0 Å². The van der Waals surface area contributed by atoms with Gasteiger partial charge in [0.15, 0.2) is 0 Å². The standard InChI is InChI=1S/C24H31N3O3/c1-18(2)16-27(24(30)13-12-20-9-5-4-6-10-20)17-23(29)25-15-22(28)26-21-11-7-8-19(3)14-21/h4-11,14,18H,12-13,15-17H2,1-3H3,(H,25,29)(H,26,28). The van der Waals surface area contributed by atoms with Crippen LogP contribution in [0.2, 0.25) is 0 Å². The van der Waals surface area contributed by atoms with Crippen LogP contribution < -0.4 is 10.6 Å². The summed E-state index contributed by atoms with van der Waals surface area (Å²) in [4.78, 5) is 38.7. The summed E-state index contributed by atoms with van der Waals surface area (Å²) < 4.78 is 0. The number of aryl methyl sites for hydroxylation is 2. The molecule has 0 fully saturated rings. The first-order valence-electron chi connectivity index (χ1n) is 10.3. The molecule has 2 aromatic rings. The van der Waals surface area contributed by atoms with Crippen LogP contribution in [0.1, 0.15) is 31.4 Å². The summed E-state index contributed by atoms with van der Waals surface area (Å²) in [5, 5.41) is 5.36. The van der Waals surface area contributed by atoms with E-state index in [0.717, 1.165) is 11.1 Å². The maximum absolute atomic E-state index is 12.7. The molecule has 0 heterocycles. The predicted octanol–water partition coefficient (Wildman–Crippen LogP) is 3.17. The first-order chi connectivity index (χ1) is 14.3. The van der Waals surface area contributed by atoms with Crippen molar-refractivity contribution in [1.82, 2.24) is 10.2 Å².